The van der Waals surface area contributed by atoms with Crippen molar-refractivity contribution in [3.63, 3.8) is 0 Å². The molecule has 0 aliphatic heterocycles. The smallest absolute Gasteiger partial charge is 0.227 e. The summed E-state index contributed by atoms with van der Waals surface area (Å²) in [5.74, 6) is 1.44. The van der Waals surface area contributed by atoms with E-state index in [1.807, 2.05) is 29.2 Å². The summed E-state index contributed by atoms with van der Waals surface area (Å²) in [5, 5.41) is 0. The van der Waals surface area contributed by atoms with Crippen LogP contribution in [0.1, 0.15) is 31.7 Å². The molecule has 4 nitrogen and oxygen atoms in total. The fourth-order valence-electron chi connectivity index (χ4n) is 3.36. The van der Waals surface area contributed by atoms with E-state index in [0.29, 0.717) is 24.9 Å². The van der Waals surface area contributed by atoms with Gasteiger partial charge in [0.05, 0.1) is 13.5 Å². The molecule has 1 aliphatic carbocycles. The van der Waals surface area contributed by atoms with E-state index in [1.54, 1.807) is 7.11 Å². The van der Waals surface area contributed by atoms with Crippen LogP contribution < -0.4 is 10.5 Å². The molecule has 0 aromatic heterocycles. The summed E-state index contributed by atoms with van der Waals surface area (Å²) in [6.07, 6.45) is 3.83. The summed E-state index contributed by atoms with van der Waals surface area (Å²) >= 11 is 0. The number of carbonyl (C=O) groups is 1. The zero-order valence-corrected chi connectivity index (χ0v) is 13.0. The lowest BCUT2D eigenvalue weighted by atomic mass is 10.0. The second kappa shape index (κ2) is 7.46. The molecule has 21 heavy (non-hydrogen) atoms. The van der Waals surface area contributed by atoms with Crippen molar-refractivity contribution in [2.45, 2.75) is 38.6 Å². The van der Waals surface area contributed by atoms with E-state index in [0.717, 1.165) is 30.7 Å². The average Bonchev–Trinajstić information content (AvgIpc) is 2.96. The quantitative estimate of drug-likeness (QED) is 0.874. The van der Waals surface area contributed by atoms with E-state index in [2.05, 4.69) is 6.92 Å². The monoisotopic (exact) mass is 290 g/mol. The predicted molar refractivity (Wildman–Crippen MR) is 84.3 cm³/mol. The van der Waals surface area contributed by atoms with Crippen LogP contribution in [0.25, 0.3) is 0 Å². The molecule has 0 saturated heterocycles. The summed E-state index contributed by atoms with van der Waals surface area (Å²) in [7, 11) is 1.64. The first-order valence-corrected chi connectivity index (χ1v) is 7.82. The molecule has 4 heteroatoms. The molecule has 2 atom stereocenters. The van der Waals surface area contributed by atoms with Gasteiger partial charge in [0, 0.05) is 12.6 Å². The van der Waals surface area contributed by atoms with Crippen LogP contribution in [0, 0.1) is 5.92 Å². The van der Waals surface area contributed by atoms with Gasteiger partial charge in [-0.1, -0.05) is 18.6 Å². The van der Waals surface area contributed by atoms with E-state index in [-0.39, 0.29) is 5.91 Å². The molecule has 116 valence electrons. The van der Waals surface area contributed by atoms with Crippen molar-refractivity contribution in [2.24, 2.45) is 11.7 Å². The third kappa shape index (κ3) is 3.76. The van der Waals surface area contributed by atoms with Gasteiger partial charge in [-0.3, -0.25) is 4.79 Å². The number of methoxy groups -OCH3 is 1. The number of benzene rings is 1. The largest absolute Gasteiger partial charge is 0.497 e. The third-order valence-corrected chi connectivity index (χ3v) is 4.47. The van der Waals surface area contributed by atoms with Crippen LogP contribution in [0.15, 0.2) is 24.3 Å². The zero-order chi connectivity index (χ0) is 15.2. The minimum absolute atomic E-state index is 0.191. The maximum Gasteiger partial charge on any atom is 0.227 e. The van der Waals surface area contributed by atoms with Gasteiger partial charge in [0.15, 0.2) is 0 Å². The second-order valence-electron chi connectivity index (χ2n) is 5.70. The summed E-state index contributed by atoms with van der Waals surface area (Å²) < 4.78 is 5.22. The summed E-state index contributed by atoms with van der Waals surface area (Å²) in [6.45, 7) is 3.48. The highest BCUT2D eigenvalue weighted by Gasteiger charge is 2.32. The lowest BCUT2D eigenvalue weighted by molar-refractivity contribution is -0.133. The number of carbonyl (C=O) groups excluding carboxylic acids is 1. The first-order chi connectivity index (χ1) is 10.2. The number of likely N-dealkylation sites (N-methyl/N-ethyl adjacent to an activating group) is 1. The highest BCUT2D eigenvalue weighted by atomic mass is 16.5. The molecule has 1 aromatic carbocycles. The predicted octanol–water partition coefficient (Wildman–Crippen LogP) is 2.21. The Bertz CT molecular complexity index is 476. The highest BCUT2D eigenvalue weighted by Crippen LogP contribution is 2.29. The first-order valence-electron chi connectivity index (χ1n) is 7.82. The van der Waals surface area contributed by atoms with Gasteiger partial charge < -0.3 is 15.4 Å². The highest BCUT2D eigenvalue weighted by molar-refractivity contribution is 5.79. The van der Waals surface area contributed by atoms with Crippen molar-refractivity contribution in [3.05, 3.63) is 29.8 Å². The van der Waals surface area contributed by atoms with Crippen molar-refractivity contribution in [3.8, 4) is 5.75 Å². The number of nitrogens with zero attached hydrogens (tertiary/aromatic N) is 1. The molecule has 2 N–H and O–H groups in total. The van der Waals surface area contributed by atoms with Crippen molar-refractivity contribution in [1.82, 2.24) is 4.90 Å². The Morgan fingerprint density at radius 1 is 1.43 bits per heavy atom. The van der Waals surface area contributed by atoms with Crippen molar-refractivity contribution >= 4 is 5.91 Å². The van der Waals surface area contributed by atoms with Gasteiger partial charge in [0.1, 0.15) is 5.75 Å². The van der Waals surface area contributed by atoms with Crippen LogP contribution in [0.4, 0.5) is 0 Å². The van der Waals surface area contributed by atoms with Crippen LogP contribution in [0.2, 0.25) is 0 Å². The standard InChI is InChI=1S/C17H26N2O2/c1-3-19(16-9-5-7-14(16)12-18)17(20)11-13-6-4-8-15(10-13)21-2/h4,6,8,10,14,16H,3,5,7,9,11-12,18H2,1-2H3. The van der Waals surface area contributed by atoms with E-state index in [4.69, 9.17) is 10.5 Å². The molecule has 1 saturated carbocycles. The third-order valence-electron chi connectivity index (χ3n) is 4.47. The first kappa shape index (κ1) is 15.8. The Hall–Kier alpha value is -1.55. The second-order valence-corrected chi connectivity index (χ2v) is 5.70. The Balaban J connectivity index is 2.06. The van der Waals surface area contributed by atoms with Gasteiger partial charge >= 0.3 is 0 Å². The number of amides is 1. The lowest BCUT2D eigenvalue weighted by Gasteiger charge is -2.32. The molecule has 2 rings (SSSR count). The van der Waals surface area contributed by atoms with E-state index in [9.17, 15) is 4.79 Å². The van der Waals surface area contributed by atoms with Crippen LogP contribution in [-0.4, -0.2) is 37.0 Å². The summed E-state index contributed by atoms with van der Waals surface area (Å²) in [5.41, 5.74) is 6.85. The molecule has 2 unspecified atom stereocenters. The van der Waals surface area contributed by atoms with Crippen LogP contribution in [0.3, 0.4) is 0 Å². The maximum absolute atomic E-state index is 12.6. The maximum atomic E-state index is 12.6. The molecule has 0 radical (unpaired) electrons. The fraction of sp³-hybridized carbons (Fsp3) is 0.588. The van der Waals surface area contributed by atoms with Gasteiger partial charge in [-0.05, 0) is 49.9 Å². The fourth-order valence-corrected chi connectivity index (χ4v) is 3.36. The summed E-state index contributed by atoms with van der Waals surface area (Å²) in [4.78, 5) is 14.7. The Kier molecular flexibility index (Phi) is 5.62. The van der Waals surface area contributed by atoms with Crippen molar-refractivity contribution in [1.29, 1.82) is 0 Å². The van der Waals surface area contributed by atoms with E-state index < -0.39 is 0 Å². The Morgan fingerprint density at radius 3 is 2.90 bits per heavy atom. The number of hydrogen-bond donors (Lipinski definition) is 1. The van der Waals surface area contributed by atoms with E-state index >= 15 is 0 Å². The van der Waals surface area contributed by atoms with Crippen molar-refractivity contribution in [2.75, 3.05) is 20.2 Å². The molecule has 1 fully saturated rings. The number of hydrogen-bond acceptors (Lipinski definition) is 3. The van der Waals surface area contributed by atoms with Gasteiger partial charge in [-0.25, -0.2) is 0 Å². The molecule has 1 aromatic rings. The SMILES string of the molecule is CCN(C(=O)Cc1cccc(OC)c1)C1CCCC1CN. The van der Waals surface area contributed by atoms with Gasteiger partial charge in [-0.15, -0.1) is 0 Å². The van der Waals surface area contributed by atoms with Crippen LogP contribution in [0.5, 0.6) is 5.75 Å². The Labute approximate surface area is 127 Å². The minimum Gasteiger partial charge on any atom is -0.497 e. The van der Waals surface area contributed by atoms with Gasteiger partial charge in [0.2, 0.25) is 5.91 Å². The average molecular weight is 290 g/mol. The van der Waals surface area contributed by atoms with Gasteiger partial charge in [-0.2, -0.15) is 0 Å². The number of rotatable bonds is 6. The number of nitrogens with two attached hydrogens (primary N) is 1. The summed E-state index contributed by atoms with van der Waals surface area (Å²) in [6, 6.07) is 8.05. The van der Waals surface area contributed by atoms with E-state index in [1.165, 1.54) is 6.42 Å². The minimum atomic E-state index is 0.191. The molecule has 0 spiro atoms. The molecular weight excluding hydrogens is 264 g/mol. The molecule has 1 aliphatic rings. The molecule has 0 bridgehead atoms. The van der Waals surface area contributed by atoms with Crippen LogP contribution in [-0.2, 0) is 11.2 Å². The van der Waals surface area contributed by atoms with Crippen molar-refractivity contribution < 1.29 is 9.53 Å². The molecule has 1 amide bonds. The topological polar surface area (TPSA) is 55.6 Å². The number of ether oxygens (including phenoxy) is 1. The molecule has 0 heterocycles. The normalized spacial score (nSPS) is 21.3. The van der Waals surface area contributed by atoms with Gasteiger partial charge in [0.25, 0.3) is 0 Å². The van der Waals surface area contributed by atoms with Crippen LogP contribution >= 0.6 is 0 Å². The lowest BCUT2D eigenvalue weighted by Crippen LogP contribution is -2.44. The Morgan fingerprint density at radius 2 is 2.24 bits per heavy atom. The zero-order valence-electron chi connectivity index (χ0n) is 13.0. The molecular formula is C17H26N2O2.